The van der Waals surface area contributed by atoms with Gasteiger partial charge in [-0.15, -0.1) is 0 Å². The monoisotopic (exact) mass is 224 g/mol. The molecule has 1 aromatic rings. The third-order valence-electron chi connectivity index (χ3n) is 2.10. The van der Waals surface area contributed by atoms with Crippen molar-refractivity contribution in [3.8, 4) is 11.5 Å². The van der Waals surface area contributed by atoms with Crippen LogP contribution >= 0.6 is 0 Å². The molecule has 0 atom stereocenters. The Hall–Kier alpha value is -1.75. The van der Waals surface area contributed by atoms with E-state index in [2.05, 4.69) is 0 Å². The number of hydrogen-bond acceptors (Lipinski definition) is 5. The Balaban J connectivity index is 2.13. The highest BCUT2D eigenvalue weighted by Gasteiger charge is 2.15. The summed E-state index contributed by atoms with van der Waals surface area (Å²) < 4.78 is 15.4. The van der Waals surface area contributed by atoms with Crippen molar-refractivity contribution < 1.29 is 24.1 Å². The van der Waals surface area contributed by atoms with E-state index in [-0.39, 0.29) is 13.2 Å². The van der Waals surface area contributed by atoms with E-state index in [1.165, 1.54) is 0 Å². The largest absolute Gasteiger partial charge is 0.486 e. The fourth-order valence-corrected chi connectivity index (χ4v) is 1.39. The van der Waals surface area contributed by atoms with Crippen molar-refractivity contribution in [2.24, 2.45) is 0 Å². The molecule has 1 aliphatic heterocycles. The molecule has 0 aromatic heterocycles. The van der Waals surface area contributed by atoms with Crippen LogP contribution in [0.25, 0.3) is 0 Å². The van der Waals surface area contributed by atoms with E-state index in [0.29, 0.717) is 30.3 Å². The van der Waals surface area contributed by atoms with Crippen molar-refractivity contribution in [2.45, 2.75) is 0 Å². The number of hydrogen-bond donors (Lipinski definition) is 1. The number of carbonyl (C=O) groups excluding carboxylic acids is 1. The van der Waals surface area contributed by atoms with Crippen molar-refractivity contribution in [1.82, 2.24) is 0 Å². The third kappa shape index (κ3) is 2.25. The Kier molecular flexibility index (Phi) is 3.26. The molecule has 1 aliphatic rings. The van der Waals surface area contributed by atoms with Gasteiger partial charge < -0.3 is 19.3 Å². The number of aliphatic hydroxyl groups is 1. The van der Waals surface area contributed by atoms with Crippen LogP contribution in [0.15, 0.2) is 18.2 Å². The van der Waals surface area contributed by atoms with E-state index in [0.717, 1.165) is 0 Å². The maximum Gasteiger partial charge on any atom is 0.338 e. The molecular formula is C11H12O5. The molecule has 0 fully saturated rings. The van der Waals surface area contributed by atoms with E-state index in [1.807, 2.05) is 0 Å². The first-order valence-electron chi connectivity index (χ1n) is 4.99. The van der Waals surface area contributed by atoms with Gasteiger partial charge in [0, 0.05) is 0 Å². The van der Waals surface area contributed by atoms with Gasteiger partial charge in [0.05, 0.1) is 12.2 Å². The van der Waals surface area contributed by atoms with Crippen molar-refractivity contribution in [1.29, 1.82) is 0 Å². The lowest BCUT2D eigenvalue weighted by Gasteiger charge is -2.18. The van der Waals surface area contributed by atoms with E-state index >= 15 is 0 Å². The molecule has 0 radical (unpaired) electrons. The summed E-state index contributed by atoms with van der Waals surface area (Å²) in [4.78, 5) is 11.5. The number of esters is 1. The Bertz CT molecular complexity index is 388. The van der Waals surface area contributed by atoms with Gasteiger partial charge in [0.25, 0.3) is 0 Å². The Morgan fingerprint density at radius 2 is 2.06 bits per heavy atom. The zero-order valence-electron chi connectivity index (χ0n) is 8.64. The van der Waals surface area contributed by atoms with Gasteiger partial charge in [0.2, 0.25) is 0 Å². The highest BCUT2D eigenvalue weighted by atomic mass is 16.6. The molecule has 0 saturated carbocycles. The zero-order valence-corrected chi connectivity index (χ0v) is 8.64. The van der Waals surface area contributed by atoms with E-state index < -0.39 is 5.97 Å². The van der Waals surface area contributed by atoms with Crippen LogP contribution in [0.5, 0.6) is 11.5 Å². The van der Waals surface area contributed by atoms with E-state index in [1.54, 1.807) is 18.2 Å². The van der Waals surface area contributed by atoms with Gasteiger partial charge in [0.15, 0.2) is 11.5 Å². The number of ether oxygens (including phenoxy) is 3. The lowest BCUT2D eigenvalue weighted by Crippen LogP contribution is -2.16. The van der Waals surface area contributed by atoms with Crippen molar-refractivity contribution >= 4 is 5.97 Å². The fourth-order valence-electron chi connectivity index (χ4n) is 1.39. The Morgan fingerprint density at radius 1 is 1.31 bits per heavy atom. The Labute approximate surface area is 92.5 Å². The average Bonchev–Trinajstić information content (AvgIpc) is 2.35. The van der Waals surface area contributed by atoms with Crippen LogP contribution in [0, 0.1) is 0 Å². The maximum absolute atomic E-state index is 11.5. The summed E-state index contributed by atoms with van der Waals surface area (Å²) in [6.45, 7) is 0.799. The van der Waals surface area contributed by atoms with Gasteiger partial charge >= 0.3 is 5.97 Å². The van der Waals surface area contributed by atoms with Crippen LogP contribution in [-0.2, 0) is 4.74 Å². The smallest absolute Gasteiger partial charge is 0.338 e. The number of aliphatic hydroxyl groups excluding tert-OH is 1. The van der Waals surface area contributed by atoms with Crippen LogP contribution in [0.2, 0.25) is 0 Å². The van der Waals surface area contributed by atoms with Crippen molar-refractivity contribution in [2.75, 3.05) is 26.4 Å². The van der Waals surface area contributed by atoms with Gasteiger partial charge in [-0.25, -0.2) is 4.79 Å². The van der Waals surface area contributed by atoms with Crippen LogP contribution in [0.4, 0.5) is 0 Å². The molecule has 2 rings (SSSR count). The predicted molar refractivity (Wildman–Crippen MR) is 54.8 cm³/mol. The molecule has 0 aliphatic carbocycles. The van der Waals surface area contributed by atoms with Crippen LogP contribution in [0.3, 0.4) is 0 Å². The summed E-state index contributed by atoms with van der Waals surface area (Å²) >= 11 is 0. The quantitative estimate of drug-likeness (QED) is 0.762. The molecule has 86 valence electrons. The molecule has 1 heterocycles. The van der Waals surface area contributed by atoms with Crippen LogP contribution in [0.1, 0.15) is 10.4 Å². The SMILES string of the molecule is O=C(OCCO)c1ccc2c(c1)OCCO2. The van der Waals surface area contributed by atoms with Gasteiger partial charge in [-0.05, 0) is 18.2 Å². The second kappa shape index (κ2) is 4.85. The predicted octanol–water partition coefficient (Wildman–Crippen LogP) is 0.607. The molecule has 0 bridgehead atoms. The molecule has 1 N–H and O–H groups in total. The molecule has 5 heteroatoms. The van der Waals surface area contributed by atoms with Gasteiger partial charge in [0.1, 0.15) is 19.8 Å². The summed E-state index contributed by atoms with van der Waals surface area (Å²) in [5.74, 6) is 0.695. The summed E-state index contributed by atoms with van der Waals surface area (Å²) in [5, 5.41) is 8.53. The molecule has 0 amide bonds. The standard InChI is InChI=1S/C11H12O5/c12-3-4-16-11(13)8-1-2-9-10(7-8)15-6-5-14-9/h1-2,7,12H,3-6H2. The topological polar surface area (TPSA) is 65.0 Å². The lowest BCUT2D eigenvalue weighted by atomic mass is 10.2. The minimum absolute atomic E-state index is 0.00667. The summed E-state index contributed by atoms with van der Waals surface area (Å²) in [6.07, 6.45) is 0. The van der Waals surface area contributed by atoms with Gasteiger partial charge in [-0.2, -0.15) is 0 Å². The lowest BCUT2D eigenvalue weighted by molar-refractivity contribution is 0.0433. The number of benzene rings is 1. The van der Waals surface area contributed by atoms with Crippen LogP contribution in [-0.4, -0.2) is 37.5 Å². The first kappa shape index (κ1) is 10.8. The van der Waals surface area contributed by atoms with Crippen molar-refractivity contribution in [3.05, 3.63) is 23.8 Å². The molecule has 5 nitrogen and oxygen atoms in total. The van der Waals surface area contributed by atoms with E-state index in [4.69, 9.17) is 19.3 Å². The minimum Gasteiger partial charge on any atom is -0.486 e. The van der Waals surface area contributed by atoms with Gasteiger partial charge in [-0.3, -0.25) is 0 Å². The first-order valence-corrected chi connectivity index (χ1v) is 4.99. The highest BCUT2D eigenvalue weighted by Crippen LogP contribution is 2.30. The second-order valence-corrected chi connectivity index (χ2v) is 3.22. The third-order valence-corrected chi connectivity index (χ3v) is 2.10. The molecule has 0 saturated heterocycles. The fraction of sp³-hybridized carbons (Fsp3) is 0.364. The number of carbonyl (C=O) groups is 1. The summed E-state index contributed by atoms with van der Waals surface area (Å²) in [7, 11) is 0. The zero-order chi connectivity index (χ0) is 11.4. The highest BCUT2D eigenvalue weighted by molar-refractivity contribution is 5.90. The summed E-state index contributed by atoms with van der Waals surface area (Å²) in [6, 6.07) is 4.85. The normalized spacial score (nSPS) is 13.3. The number of fused-ring (bicyclic) bond motifs is 1. The maximum atomic E-state index is 11.5. The number of rotatable bonds is 3. The minimum atomic E-state index is -0.481. The average molecular weight is 224 g/mol. The van der Waals surface area contributed by atoms with E-state index in [9.17, 15) is 4.79 Å². The molecule has 16 heavy (non-hydrogen) atoms. The molecule has 1 aromatic carbocycles. The van der Waals surface area contributed by atoms with Crippen molar-refractivity contribution in [3.63, 3.8) is 0 Å². The Morgan fingerprint density at radius 3 is 2.81 bits per heavy atom. The molecular weight excluding hydrogens is 212 g/mol. The van der Waals surface area contributed by atoms with Gasteiger partial charge in [-0.1, -0.05) is 0 Å². The molecule has 0 spiro atoms. The first-order chi connectivity index (χ1) is 7.81. The van der Waals surface area contributed by atoms with Crippen LogP contribution < -0.4 is 9.47 Å². The second-order valence-electron chi connectivity index (χ2n) is 3.22. The summed E-state index contributed by atoms with van der Waals surface area (Å²) in [5.41, 5.74) is 0.387. The molecule has 0 unspecified atom stereocenters.